The Morgan fingerprint density at radius 1 is 0.974 bits per heavy atom. The van der Waals surface area contributed by atoms with E-state index in [1.807, 2.05) is 43.3 Å². The van der Waals surface area contributed by atoms with Crippen molar-refractivity contribution in [3.8, 4) is 11.3 Å². The maximum atomic E-state index is 12.8. The molecular formula is C29H29N5O4. The Kier molecular flexibility index (Phi) is 7.96. The molecule has 0 aliphatic rings. The highest BCUT2D eigenvalue weighted by molar-refractivity contribution is 6.04. The van der Waals surface area contributed by atoms with Crippen molar-refractivity contribution in [3.63, 3.8) is 0 Å². The Balaban J connectivity index is 1.39. The molecule has 0 saturated carbocycles. The van der Waals surface area contributed by atoms with E-state index in [1.54, 1.807) is 63.6 Å². The zero-order valence-electron chi connectivity index (χ0n) is 21.7. The minimum absolute atomic E-state index is 0.0495. The number of pyridine rings is 1. The van der Waals surface area contributed by atoms with Gasteiger partial charge in [-0.2, -0.15) is 0 Å². The highest BCUT2D eigenvalue weighted by Gasteiger charge is 2.17. The molecule has 2 aromatic heterocycles. The first-order valence-electron chi connectivity index (χ1n) is 12.0. The molecule has 194 valence electrons. The first-order valence-corrected chi connectivity index (χ1v) is 12.0. The number of carbonyl (C=O) groups is 2. The molecule has 4 rings (SSSR count). The predicted octanol–water partition coefficient (Wildman–Crippen LogP) is 6.29. The molecule has 4 aromatic rings. The van der Waals surface area contributed by atoms with Crippen LogP contribution in [0.2, 0.25) is 0 Å². The summed E-state index contributed by atoms with van der Waals surface area (Å²) in [6.45, 7) is 7.31. The SMILES string of the molecule is Cc1ccc(NC(=O)c2ccc(COC(=O)OC(C)(C)C)cc2)cc1Nc1nccc(-c2cccnc2)n1. The maximum Gasteiger partial charge on any atom is 0.509 e. The summed E-state index contributed by atoms with van der Waals surface area (Å²) in [7, 11) is 0. The van der Waals surface area contributed by atoms with Crippen molar-refractivity contribution >= 4 is 29.4 Å². The van der Waals surface area contributed by atoms with Crippen molar-refractivity contribution in [1.82, 2.24) is 15.0 Å². The normalized spacial score (nSPS) is 10.9. The van der Waals surface area contributed by atoms with Crippen LogP contribution in [0.25, 0.3) is 11.3 Å². The number of anilines is 3. The van der Waals surface area contributed by atoms with Gasteiger partial charge in [-0.05, 0) is 81.3 Å². The van der Waals surface area contributed by atoms with Crippen LogP contribution in [0.15, 0.2) is 79.3 Å². The highest BCUT2D eigenvalue weighted by atomic mass is 16.7. The zero-order valence-corrected chi connectivity index (χ0v) is 21.7. The first-order chi connectivity index (χ1) is 18.2. The zero-order chi connectivity index (χ0) is 27.1. The van der Waals surface area contributed by atoms with Gasteiger partial charge in [0.1, 0.15) is 12.2 Å². The summed E-state index contributed by atoms with van der Waals surface area (Å²) in [5.74, 6) is 0.163. The third-order valence-electron chi connectivity index (χ3n) is 5.32. The maximum absolute atomic E-state index is 12.8. The van der Waals surface area contributed by atoms with E-state index in [4.69, 9.17) is 9.47 Å². The highest BCUT2D eigenvalue weighted by Crippen LogP contribution is 2.24. The Hall–Kier alpha value is -4.79. The van der Waals surface area contributed by atoms with E-state index in [2.05, 4.69) is 25.6 Å². The molecule has 0 atom stereocenters. The van der Waals surface area contributed by atoms with E-state index in [9.17, 15) is 9.59 Å². The lowest BCUT2D eigenvalue weighted by Gasteiger charge is -2.18. The molecule has 0 aliphatic carbocycles. The number of benzene rings is 2. The van der Waals surface area contributed by atoms with Gasteiger partial charge < -0.3 is 20.1 Å². The van der Waals surface area contributed by atoms with E-state index in [-0.39, 0.29) is 12.5 Å². The second kappa shape index (κ2) is 11.5. The molecule has 2 heterocycles. The number of nitrogens with one attached hydrogen (secondary N) is 2. The van der Waals surface area contributed by atoms with E-state index in [1.165, 1.54) is 0 Å². The van der Waals surface area contributed by atoms with Crippen molar-refractivity contribution in [2.24, 2.45) is 0 Å². The minimum atomic E-state index is -0.739. The number of ether oxygens (including phenoxy) is 2. The standard InChI is InChI=1S/C29H29N5O4/c1-19-7-12-23(16-25(19)34-27-31-15-13-24(33-27)22-6-5-14-30-17-22)32-26(35)21-10-8-20(9-11-21)18-37-28(36)38-29(2,3)4/h5-17H,18H2,1-4H3,(H,32,35)(H,31,33,34). The Labute approximate surface area is 221 Å². The molecule has 0 aliphatic heterocycles. The monoisotopic (exact) mass is 511 g/mol. The summed E-state index contributed by atoms with van der Waals surface area (Å²) in [6, 6.07) is 18.0. The van der Waals surface area contributed by atoms with Gasteiger partial charge in [0.25, 0.3) is 5.91 Å². The molecule has 2 N–H and O–H groups in total. The van der Waals surface area contributed by atoms with Crippen LogP contribution in [0.5, 0.6) is 0 Å². The van der Waals surface area contributed by atoms with Crippen LogP contribution in [0.4, 0.5) is 22.1 Å². The molecule has 1 amide bonds. The van der Waals surface area contributed by atoms with Crippen molar-refractivity contribution in [1.29, 1.82) is 0 Å². The molecule has 0 unspecified atom stereocenters. The molecule has 9 nitrogen and oxygen atoms in total. The molecule has 9 heteroatoms. The van der Waals surface area contributed by atoms with E-state index in [0.29, 0.717) is 17.2 Å². The number of aryl methyl sites for hydroxylation is 1. The fourth-order valence-electron chi connectivity index (χ4n) is 3.43. The number of nitrogens with zero attached hydrogens (tertiary/aromatic N) is 3. The molecule has 0 radical (unpaired) electrons. The lowest BCUT2D eigenvalue weighted by Crippen LogP contribution is -2.24. The van der Waals surface area contributed by atoms with Crippen LogP contribution >= 0.6 is 0 Å². The Morgan fingerprint density at radius 3 is 2.47 bits per heavy atom. The fourth-order valence-corrected chi connectivity index (χ4v) is 3.43. The number of carbonyl (C=O) groups excluding carboxylic acids is 2. The summed E-state index contributed by atoms with van der Waals surface area (Å²) in [5.41, 5.74) is 4.56. The Bertz CT molecular complexity index is 1420. The smallest absolute Gasteiger partial charge is 0.429 e. The lowest BCUT2D eigenvalue weighted by molar-refractivity contribution is -0.0108. The van der Waals surface area contributed by atoms with E-state index >= 15 is 0 Å². The van der Waals surface area contributed by atoms with Crippen molar-refractivity contribution < 1.29 is 19.1 Å². The van der Waals surface area contributed by atoms with Gasteiger partial charge in [0.15, 0.2) is 0 Å². The van der Waals surface area contributed by atoms with Crippen LogP contribution < -0.4 is 10.6 Å². The van der Waals surface area contributed by atoms with Crippen LogP contribution in [0, 0.1) is 6.92 Å². The van der Waals surface area contributed by atoms with Crippen LogP contribution in [0.1, 0.15) is 42.3 Å². The molecule has 0 spiro atoms. The molecular weight excluding hydrogens is 482 g/mol. The third kappa shape index (κ3) is 7.36. The topological polar surface area (TPSA) is 115 Å². The molecule has 0 fully saturated rings. The van der Waals surface area contributed by atoms with Gasteiger partial charge >= 0.3 is 6.16 Å². The summed E-state index contributed by atoms with van der Waals surface area (Å²) in [5, 5.41) is 6.15. The van der Waals surface area contributed by atoms with E-state index in [0.717, 1.165) is 28.1 Å². The quantitative estimate of drug-likeness (QED) is 0.278. The summed E-state index contributed by atoms with van der Waals surface area (Å²) < 4.78 is 10.3. The van der Waals surface area contributed by atoms with Gasteiger partial charge in [-0.1, -0.05) is 18.2 Å². The van der Waals surface area contributed by atoms with Gasteiger partial charge in [-0.25, -0.2) is 14.8 Å². The van der Waals surface area contributed by atoms with E-state index < -0.39 is 11.8 Å². The lowest BCUT2D eigenvalue weighted by atomic mass is 10.1. The van der Waals surface area contributed by atoms with Crippen molar-refractivity contribution in [2.45, 2.75) is 39.9 Å². The molecule has 38 heavy (non-hydrogen) atoms. The number of aromatic nitrogens is 3. The van der Waals surface area contributed by atoms with Gasteiger partial charge in [-0.3, -0.25) is 9.78 Å². The number of amides is 1. The van der Waals surface area contributed by atoms with Gasteiger partial charge in [0.05, 0.1) is 5.69 Å². The molecule has 2 aromatic carbocycles. The van der Waals surface area contributed by atoms with Crippen LogP contribution in [-0.2, 0) is 16.1 Å². The number of rotatable bonds is 7. The molecule has 0 saturated heterocycles. The van der Waals surface area contributed by atoms with Crippen LogP contribution in [0.3, 0.4) is 0 Å². The van der Waals surface area contributed by atoms with Gasteiger partial charge in [0, 0.05) is 41.1 Å². The second-order valence-corrected chi connectivity index (χ2v) is 9.57. The first kappa shape index (κ1) is 26.3. The third-order valence-corrected chi connectivity index (χ3v) is 5.32. The summed E-state index contributed by atoms with van der Waals surface area (Å²) >= 11 is 0. The predicted molar refractivity (Wildman–Crippen MR) is 145 cm³/mol. The largest absolute Gasteiger partial charge is 0.509 e. The summed E-state index contributed by atoms with van der Waals surface area (Å²) in [4.78, 5) is 37.6. The average molecular weight is 512 g/mol. The Morgan fingerprint density at radius 2 is 1.76 bits per heavy atom. The number of hydrogen-bond acceptors (Lipinski definition) is 8. The summed E-state index contributed by atoms with van der Waals surface area (Å²) in [6.07, 6.45) is 4.40. The van der Waals surface area contributed by atoms with Crippen molar-refractivity contribution in [3.05, 3.63) is 95.9 Å². The minimum Gasteiger partial charge on any atom is -0.429 e. The molecule has 0 bridgehead atoms. The second-order valence-electron chi connectivity index (χ2n) is 9.57. The average Bonchev–Trinajstić information content (AvgIpc) is 2.89. The van der Waals surface area contributed by atoms with Crippen LogP contribution in [-0.4, -0.2) is 32.6 Å². The van der Waals surface area contributed by atoms with Crippen molar-refractivity contribution in [2.75, 3.05) is 10.6 Å². The fraction of sp³-hybridized carbons (Fsp3) is 0.207. The van der Waals surface area contributed by atoms with Gasteiger partial charge in [-0.15, -0.1) is 0 Å². The number of hydrogen-bond donors (Lipinski definition) is 2. The van der Waals surface area contributed by atoms with Gasteiger partial charge in [0.2, 0.25) is 5.95 Å².